The molecule has 0 spiro atoms. The Bertz CT molecular complexity index is 517. The molecule has 0 amide bonds. The molecule has 0 saturated heterocycles. The van der Waals surface area contributed by atoms with E-state index in [1.807, 2.05) is 0 Å². The van der Waals surface area contributed by atoms with Crippen molar-refractivity contribution in [2.75, 3.05) is 6.61 Å². The summed E-state index contributed by atoms with van der Waals surface area (Å²) in [5.74, 6) is -0.770. The van der Waals surface area contributed by atoms with Gasteiger partial charge < -0.3 is 10.5 Å². The van der Waals surface area contributed by atoms with Crippen molar-refractivity contribution < 1.29 is 31.5 Å². The number of carbonyl (C=O) groups is 1. The molecule has 0 aliphatic carbocycles. The van der Waals surface area contributed by atoms with E-state index in [1.165, 1.54) is 6.92 Å². The number of carbonyl (C=O) groups excluding carboxylic acids is 1. The zero-order valence-corrected chi connectivity index (χ0v) is 11.0. The van der Waals surface area contributed by atoms with E-state index in [-0.39, 0.29) is 12.3 Å². The lowest BCUT2D eigenvalue weighted by Crippen LogP contribution is -2.19. The third kappa shape index (κ3) is 4.35. The summed E-state index contributed by atoms with van der Waals surface area (Å²) in [6.07, 6.45) is -8.87. The average molecular weight is 312 g/mol. The Kier molecular flexibility index (Phi) is 5.59. The first-order chi connectivity index (χ1) is 9.70. The van der Waals surface area contributed by atoms with Crippen LogP contribution >= 0.6 is 0 Å². The first-order valence-electron chi connectivity index (χ1n) is 5.94. The third-order valence-corrected chi connectivity index (χ3v) is 2.52. The van der Waals surface area contributed by atoms with Crippen molar-refractivity contribution in [1.29, 1.82) is 0 Å². The number of aromatic nitrogens is 1. The van der Waals surface area contributed by atoms with Gasteiger partial charge in [-0.3, -0.25) is 9.78 Å². The first-order valence-corrected chi connectivity index (χ1v) is 5.94. The van der Waals surface area contributed by atoms with E-state index in [9.17, 15) is 26.7 Å². The van der Waals surface area contributed by atoms with Gasteiger partial charge in [0.25, 0.3) is 6.43 Å². The van der Waals surface area contributed by atoms with Crippen LogP contribution < -0.4 is 5.73 Å². The Morgan fingerprint density at radius 2 is 2.05 bits per heavy atom. The van der Waals surface area contributed by atoms with E-state index in [4.69, 9.17) is 5.73 Å². The van der Waals surface area contributed by atoms with Crippen LogP contribution in [0.4, 0.5) is 22.0 Å². The fourth-order valence-electron chi connectivity index (χ4n) is 1.78. The molecule has 0 bridgehead atoms. The Morgan fingerprint density at radius 1 is 1.43 bits per heavy atom. The van der Waals surface area contributed by atoms with Crippen LogP contribution in [-0.2, 0) is 28.7 Å². The number of nitrogens with zero attached hydrogens (tertiary/aromatic N) is 1. The number of pyridine rings is 1. The monoisotopic (exact) mass is 312 g/mol. The van der Waals surface area contributed by atoms with E-state index in [0.29, 0.717) is 6.07 Å². The lowest BCUT2D eigenvalue weighted by molar-refractivity contribution is -0.142. The SMILES string of the molecule is CCOC(=O)Cc1cc(C(F)F)c(C(F)(F)F)c(CN)n1. The molecule has 0 unspecified atom stereocenters. The fraction of sp³-hybridized carbons (Fsp3) is 0.500. The topological polar surface area (TPSA) is 65.2 Å². The van der Waals surface area contributed by atoms with Gasteiger partial charge in [-0.15, -0.1) is 0 Å². The molecule has 0 aliphatic rings. The van der Waals surface area contributed by atoms with Gasteiger partial charge >= 0.3 is 12.1 Å². The minimum absolute atomic E-state index is 0.0604. The molecule has 0 saturated carbocycles. The molecule has 0 atom stereocenters. The van der Waals surface area contributed by atoms with Crippen LogP contribution in [0, 0.1) is 0 Å². The standard InChI is InChI=1S/C12H13F5N2O2/c1-2-21-9(20)4-6-3-7(11(13)14)10(12(15,16)17)8(5-18)19-6/h3,11H,2,4-5,18H2,1H3. The summed E-state index contributed by atoms with van der Waals surface area (Å²) in [6, 6.07) is 0.559. The predicted octanol–water partition coefficient (Wildman–Crippen LogP) is 2.60. The summed E-state index contributed by atoms with van der Waals surface area (Å²) in [7, 11) is 0. The lowest BCUT2D eigenvalue weighted by Gasteiger charge is -2.17. The number of hydrogen-bond donors (Lipinski definition) is 1. The van der Waals surface area contributed by atoms with Crippen LogP contribution in [0.25, 0.3) is 0 Å². The Labute approximate surface area is 117 Å². The smallest absolute Gasteiger partial charge is 0.418 e. The molecular weight excluding hydrogens is 299 g/mol. The van der Waals surface area contributed by atoms with E-state index < -0.39 is 48.4 Å². The van der Waals surface area contributed by atoms with E-state index >= 15 is 0 Å². The zero-order chi connectivity index (χ0) is 16.2. The molecule has 0 aromatic carbocycles. The van der Waals surface area contributed by atoms with Crippen LogP contribution in [0.2, 0.25) is 0 Å². The highest BCUT2D eigenvalue weighted by atomic mass is 19.4. The van der Waals surface area contributed by atoms with Gasteiger partial charge in [0.05, 0.1) is 30.0 Å². The predicted molar refractivity (Wildman–Crippen MR) is 62.4 cm³/mol. The summed E-state index contributed by atoms with van der Waals surface area (Å²) in [5, 5.41) is 0. The summed E-state index contributed by atoms with van der Waals surface area (Å²) in [6.45, 7) is 0.921. The number of esters is 1. The highest BCUT2D eigenvalue weighted by Gasteiger charge is 2.39. The molecule has 1 aromatic rings. The van der Waals surface area contributed by atoms with Crippen molar-refractivity contribution in [2.24, 2.45) is 5.73 Å². The normalized spacial score (nSPS) is 11.8. The van der Waals surface area contributed by atoms with Crippen molar-refractivity contribution in [3.8, 4) is 0 Å². The Hall–Kier alpha value is -1.77. The van der Waals surface area contributed by atoms with Crippen molar-refractivity contribution in [2.45, 2.75) is 32.5 Å². The molecule has 0 aliphatic heterocycles. The second-order valence-corrected chi connectivity index (χ2v) is 4.01. The van der Waals surface area contributed by atoms with Crippen LogP contribution in [0.1, 0.15) is 35.9 Å². The highest BCUT2D eigenvalue weighted by molar-refractivity contribution is 5.72. The molecule has 1 aromatic heterocycles. The second kappa shape index (κ2) is 6.79. The second-order valence-electron chi connectivity index (χ2n) is 4.01. The molecular formula is C12H13F5N2O2. The Morgan fingerprint density at radius 3 is 2.48 bits per heavy atom. The van der Waals surface area contributed by atoms with Gasteiger partial charge in [0.1, 0.15) is 0 Å². The zero-order valence-electron chi connectivity index (χ0n) is 11.0. The number of ether oxygens (including phenoxy) is 1. The van der Waals surface area contributed by atoms with E-state index in [2.05, 4.69) is 9.72 Å². The molecule has 1 heterocycles. The molecule has 4 nitrogen and oxygen atoms in total. The lowest BCUT2D eigenvalue weighted by atomic mass is 10.0. The van der Waals surface area contributed by atoms with Crippen LogP contribution in [-0.4, -0.2) is 17.6 Å². The maximum atomic E-state index is 12.9. The van der Waals surface area contributed by atoms with Gasteiger partial charge in [0.2, 0.25) is 0 Å². The third-order valence-electron chi connectivity index (χ3n) is 2.52. The molecule has 0 radical (unpaired) electrons. The molecule has 2 N–H and O–H groups in total. The van der Waals surface area contributed by atoms with Crippen LogP contribution in [0.5, 0.6) is 0 Å². The van der Waals surface area contributed by atoms with E-state index in [0.717, 1.165) is 0 Å². The maximum Gasteiger partial charge on any atom is 0.418 e. The number of alkyl halides is 5. The molecule has 118 valence electrons. The molecule has 1 rings (SSSR count). The quantitative estimate of drug-likeness (QED) is 0.670. The van der Waals surface area contributed by atoms with Gasteiger partial charge in [0, 0.05) is 12.1 Å². The largest absolute Gasteiger partial charge is 0.466 e. The maximum absolute atomic E-state index is 12.9. The first kappa shape index (κ1) is 17.3. The van der Waals surface area contributed by atoms with Crippen molar-refractivity contribution >= 4 is 5.97 Å². The average Bonchev–Trinajstić information content (AvgIpc) is 2.36. The summed E-state index contributed by atoms with van der Waals surface area (Å²) in [4.78, 5) is 14.8. The summed E-state index contributed by atoms with van der Waals surface area (Å²) in [5.41, 5.74) is 1.40. The Balaban J connectivity index is 3.33. The molecule has 0 fully saturated rings. The van der Waals surface area contributed by atoms with Crippen molar-refractivity contribution in [3.63, 3.8) is 0 Å². The van der Waals surface area contributed by atoms with E-state index in [1.54, 1.807) is 0 Å². The van der Waals surface area contributed by atoms with Gasteiger partial charge in [-0.1, -0.05) is 0 Å². The minimum Gasteiger partial charge on any atom is -0.466 e. The minimum atomic E-state index is -5.00. The van der Waals surface area contributed by atoms with Crippen LogP contribution in [0.15, 0.2) is 6.07 Å². The molecule has 9 heteroatoms. The molecule has 21 heavy (non-hydrogen) atoms. The van der Waals surface area contributed by atoms with Gasteiger partial charge in [-0.2, -0.15) is 13.2 Å². The van der Waals surface area contributed by atoms with Crippen molar-refractivity contribution in [1.82, 2.24) is 4.98 Å². The van der Waals surface area contributed by atoms with Gasteiger partial charge in [0.15, 0.2) is 0 Å². The highest BCUT2D eigenvalue weighted by Crippen LogP contribution is 2.38. The van der Waals surface area contributed by atoms with Crippen LogP contribution in [0.3, 0.4) is 0 Å². The summed E-state index contributed by atoms with van der Waals surface area (Å²) >= 11 is 0. The van der Waals surface area contributed by atoms with Crippen molar-refractivity contribution in [3.05, 3.63) is 28.6 Å². The summed E-state index contributed by atoms with van der Waals surface area (Å²) < 4.78 is 68.9. The number of hydrogen-bond acceptors (Lipinski definition) is 4. The number of nitrogens with two attached hydrogens (primary N) is 1. The fourth-order valence-corrected chi connectivity index (χ4v) is 1.78. The van der Waals surface area contributed by atoms with Gasteiger partial charge in [-0.05, 0) is 13.0 Å². The number of halogens is 5. The van der Waals surface area contributed by atoms with Gasteiger partial charge in [-0.25, -0.2) is 8.78 Å². The number of rotatable bonds is 5.